The molecule has 0 atom stereocenters. The number of hydrogen-bond acceptors (Lipinski definition) is 6. The van der Waals surface area contributed by atoms with Crippen LogP contribution in [0.2, 0.25) is 5.02 Å². The lowest BCUT2D eigenvalue weighted by Crippen LogP contribution is -2.16. The van der Waals surface area contributed by atoms with E-state index in [2.05, 4.69) is 15.1 Å². The number of aromatic nitrogens is 5. The smallest absolute Gasteiger partial charge is 0.185 e. The van der Waals surface area contributed by atoms with Gasteiger partial charge < -0.3 is 5.73 Å². The molecule has 3 aromatic heterocycles. The Kier molecular flexibility index (Phi) is 5.81. The van der Waals surface area contributed by atoms with Gasteiger partial charge in [0.15, 0.2) is 11.6 Å². The summed E-state index contributed by atoms with van der Waals surface area (Å²) < 4.78 is 1.69. The highest BCUT2D eigenvalue weighted by Crippen LogP contribution is 2.35. The number of nitrogens with two attached hydrogens (primary N) is 1. The van der Waals surface area contributed by atoms with Gasteiger partial charge in [0.1, 0.15) is 17.1 Å². The molecule has 0 spiro atoms. The fourth-order valence-electron chi connectivity index (χ4n) is 4.61. The third-order valence-electron chi connectivity index (χ3n) is 6.27. The molecular weight excluding hydrogens is 436 g/mol. The molecule has 0 unspecified atom stereocenters. The van der Waals surface area contributed by atoms with Crippen molar-refractivity contribution in [2.75, 3.05) is 5.73 Å². The molecule has 3 heterocycles. The van der Waals surface area contributed by atoms with Crippen molar-refractivity contribution in [2.24, 2.45) is 13.0 Å². The quantitative estimate of drug-likeness (QED) is 0.396. The van der Waals surface area contributed by atoms with Crippen molar-refractivity contribution in [3.8, 4) is 22.6 Å². The Balaban J connectivity index is 1.64. The van der Waals surface area contributed by atoms with Gasteiger partial charge in [0.2, 0.25) is 0 Å². The van der Waals surface area contributed by atoms with E-state index in [9.17, 15) is 4.79 Å². The summed E-state index contributed by atoms with van der Waals surface area (Å²) in [4.78, 5) is 27.0. The normalized spacial score (nSPS) is 14.6. The fourth-order valence-corrected chi connectivity index (χ4v) is 4.88. The zero-order valence-electron chi connectivity index (χ0n) is 18.5. The SMILES string of the molecule is Cn1ccc(-c2nc(N)c(C(=O)CC3CCCCC3)nc2-c2cc(Cl)c3ncccc3c2)n1. The minimum Gasteiger partial charge on any atom is -0.382 e. The van der Waals surface area contributed by atoms with E-state index in [1.165, 1.54) is 19.3 Å². The molecule has 33 heavy (non-hydrogen) atoms. The van der Waals surface area contributed by atoms with Gasteiger partial charge in [-0.25, -0.2) is 9.97 Å². The summed E-state index contributed by atoms with van der Waals surface area (Å²) >= 11 is 6.55. The summed E-state index contributed by atoms with van der Waals surface area (Å²) in [7, 11) is 1.83. The Labute approximate surface area is 197 Å². The van der Waals surface area contributed by atoms with Gasteiger partial charge in [0.25, 0.3) is 0 Å². The van der Waals surface area contributed by atoms with Crippen molar-refractivity contribution in [3.63, 3.8) is 0 Å². The van der Waals surface area contributed by atoms with Crippen LogP contribution in [0.3, 0.4) is 0 Å². The molecule has 7 nitrogen and oxygen atoms in total. The maximum Gasteiger partial charge on any atom is 0.185 e. The van der Waals surface area contributed by atoms with E-state index < -0.39 is 0 Å². The van der Waals surface area contributed by atoms with Gasteiger partial charge in [-0.05, 0) is 30.2 Å². The molecule has 168 valence electrons. The van der Waals surface area contributed by atoms with Gasteiger partial charge in [-0.2, -0.15) is 5.10 Å². The Morgan fingerprint density at radius 3 is 2.73 bits per heavy atom. The first-order valence-electron chi connectivity index (χ1n) is 11.2. The summed E-state index contributed by atoms with van der Waals surface area (Å²) in [5.41, 5.74) is 9.61. The molecule has 0 bridgehead atoms. The Hall–Kier alpha value is -3.32. The first-order chi connectivity index (χ1) is 16.0. The number of benzene rings is 1. The van der Waals surface area contributed by atoms with Crippen LogP contribution in [0.15, 0.2) is 42.7 Å². The van der Waals surface area contributed by atoms with E-state index in [0.717, 1.165) is 23.8 Å². The number of fused-ring (bicyclic) bond motifs is 1. The summed E-state index contributed by atoms with van der Waals surface area (Å²) in [6, 6.07) is 9.41. The maximum atomic E-state index is 13.2. The van der Waals surface area contributed by atoms with Crippen molar-refractivity contribution in [2.45, 2.75) is 38.5 Å². The largest absolute Gasteiger partial charge is 0.382 e. The molecule has 0 radical (unpaired) electrons. The second kappa shape index (κ2) is 8.90. The van der Waals surface area contributed by atoms with Crippen molar-refractivity contribution in [3.05, 3.63) is 53.4 Å². The topological polar surface area (TPSA) is 99.6 Å². The lowest BCUT2D eigenvalue weighted by atomic mass is 9.85. The van der Waals surface area contributed by atoms with Crippen LogP contribution in [-0.2, 0) is 7.05 Å². The van der Waals surface area contributed by atoms with Gasteiger partial charge in [-0.1, -0.05) is 49.8 Å². The zero-order valence-corrected chi connectivity index (χ0v) is 19.2. The summed E-state index contributed by atoms with van der Waals surface area (Å²) in [6.07, 6.45) is 9.72. The number of nitrogen functional groups attached to an aromatic ring is 1. The van der Waals surface area contributed by atoms with Crippen LogP contribution in [-0.4, -0.2) is 30.5 Å². The molecule has 0 saturated heterocycles. The number of aryl methyl sites for hydroxylation is 1. The number of hydrogen-bond donors (Lipinski definition) is 1. The third-order valence-corrected chi connectivity index (χ3v) is 6.56. The summed E-state index contributed by atoms with van der Waals surface area (Å²) in [6.45, 7) is 0. The van der Waals surface area contributed by atoms with E-state index >= 15 is 0 Å². The monoisotopic (exact) mass is 460 g/mol. The minimum atomic E-state index is -0.0609. The predicted molar refractivity (Wildman–Crippen MR) is 130 cm³/mol. The molecule has 4 aromatic rings. The average Bonchev–Trinajstić information content (AvgIpc) is 3.25. The Morgan fingerprint density at radius 1 is 1.15 bits per heavy atom. The molecule has 0 amide bonds. The van der Waals surface area contributed by atoms with Crippen LogP contribution in [0.5, 0.6) is 0 Å². The molecule has 2 N–H and O–H groups in total. The molecular formula is C25H25ClN6O. The fraction of sp³-hybridized carbons (Fsp3) is 0.320. The number of rotatable bonds is 5. The van der Waals surface area contributed by atoms with Crippen LogP contribution in [0.25, 0.3) is 33.5 Å². The molecule has 1 saturated carbocycles. The van der Waals surface area contributed by atoms with Gasteiger partial charge in [-0.15, -0.1) is 0 Å². The highest BCUT2D eigenvalue weighted by atomic mass is 35.5. The number of ketones is 1. The number of nitrogens with zero attached hydrogens (tertiary/aromatic N) is 5. The number of halogens is 1. The maximum absolute atomic E-state index is 13.2. The van der Waals surface area contributed by atoms with Crippen LogP contribution in [0, 0.1) is 5.92 Å². The van der Waals surface area contributed by atoms with Gasteiger partial charge in [0, 0.05) is 36.8 Å². The van der Waals surface area contributed by atoms with E-state index in [1.807, 2.05) is 37.5 Å². The zero-order chi connectivity index (χ0) is 22.9. The van der Waals surface area contributed by atoms with E-state index in [1.54, 1.807) is 16.9 Å². The third kappa shape index (κ3) is 4.33. The van der Waals surface area contributed by atoms with Crippen LogP contribution >= 0.6 is 11.6 Å². The van der Waals surface area contributed by atoms with Crippen molar-refractivity contribution in [1.82, 2.24) is 24.7 Å². The van der Waals surface area contributed by atoms with Gasteiger partial charge >= 0.3 is 0 Å². The predicted octanol–water partition coefficient (Wildman–Crippen LogP) is 5.48. The van der Waals surface area contributed by atoms with Crippen LogP contribution in [0.4, 0.5) is 5.82 Å². The standard InChI is InChI=1S/C25H25ClN6O/c1-32-11-9-19(31-32)23-22(17-13-16-8-5-10-28-21(16)18(26)14-17)29-24(25(27)30-23)20(33)12-15-6-3-2-4-7-15/h5,8-11,13-15H,2-4,6-7,12H2,1H3,(H2,27,30). The van der Waals surface area contributed by atoms with Crippen molar-refractivity contribution in [1.29, 1.82) is 0 Å². The number of anilines is 1. The molecule has 0 aliphatic heterocycles. The lowest BCUT2D eigenvalue weighted by molar-refractivity contribution is 0.0946. The second-order valence-electron chi connectivity index (χ2n) is 8.69. The molecule has 1 aliphatic carbocycles. The summed E-state index contributed by atoms with van der Waals surface area (Å²) in [5, 5.41) is 5.87. The van der Waals surface area contributed by atoms with Crippen LogP contribution in [0.1, 0.15) is 49.0 Å². The Bertz CT molecular complexity index is 1340. The van der Waals surface area contributed by atoms with Gasteiger partial charge in [-0.3, -0.25) is 14.5 Å². The first kappa shape index (κ1) is 21.5. The molecule has 5 rings (SSSR count). The highest BCUT2D eigenvalue weighted by molar-refractivity contribution is 6.35. The highest BCUT2D eigenvalue weighted by Gasteiger charge is 2.24. The minimum absolute atomic E-state index is 0.0609. The second-order valence-corrected chi connectivity index (χ2v) is 9.10. The number of pyridine rings is 1. The van der Waals surface area contributed by atoms with E-state index in [4.69, 9.17) is 22.3 Å². The lowest BCUT2D eigenvalue weighted by Gasteiger charge is -2.21. The molecule has 8 heteroatoms. The van der Waals surface area contributed by atoms with Crippen LogP contribution < -0.4 is 5.73 Å². The van der Waals surface area contributed by atoms with Crippen molar-refractivity contribution >= 4 is 34.1 Å². The molecule has 1 aromatic carbocycles. The Morgan fingerprint density at radius 2 is 1.97 bits per heavy atom. The van der Waals surface area contributed by atoms with Crippen molar-refractivity contribution < 1.29 is 4.79 Å². The molecule has 1 fully saturated rings. The number of Topliss-reactive ketones (excluding diaryl/α,β-unsaturated/α-hetero) is 1. The number of carbonyl (C=O) groups is 1. The average molecular weight is 461 g/mol. The van der Waals surface area contributed by atoms with Gasteiger partial charge in [0.05, 0.1) is 16.2 Å². The van der Waals surface area contributed by atoms with E-state index in [0.29, 0.717) is 40.0 Å². The van der Waals surface area contributed by atoms with E-state index in [-0.39, 0.29) is 17.3 Å². The summed E-state index contributed by atoms with van der Waals surface area (Å²) in [5.74, 6) is 0.454. The first-order valence-corrected chi connectivity index (χ1v) is 11.6. The molecule has 1 aliphatic rings. The number of carbonyl (C=O) groups excluding carboxylic acids is 1.